The van der Waals surface area contributed by atoms with Gasteiger partial charge in [0, 0.05) is 18.7 Å². The van der Waals surface area contributed by atoms with Gasteiger partial charge >= 0.3 is 0 Å². The summed E-state index contributed by atoms with van der Waals surface area (Å²) in [6, 6.07) is 5.89. The number of rotatable bonds is 5. The van der Waals surface area contributed by atoms with E-state index in [1.807, 2.05) is 13.8 Å². The van der Waals surface area contributed by atoms with E-state index in [9.17, 15) is 9.18 Å². The van der Waals surface area contributed by atoms with Gasteiger partial charge in [0.15, 0.2) is 0 Å². The molecule has 1 aromatic carbocycles. The Hall–Kier alpha value is -1.68. The normalized spacial score (nSPS) is 14.9. The van der Waals surface area contributed by atoms with Gasteiger partial charge in [-0.15, -0.1) is 0 Å². The first-order valence-electron chi connectivity index (χ1n) is 6.29. The molecule has 0 heterocycles. The van der Waals surface area contributed by atoms with Gasteiger partial charge in [-0.1, -0.05) is 19.1 Å². The maximum atomic E-state index is 12.8. The van der Waals surface area contributed by atoms with E-state index in [1.165, 1.54) is 18.2 Å². The standard InChI is InChI=1S/C15H20FNO2/c1-10(13-4-6-14(16)7-5-13)8-15(19)17-12(3)11(2)9-18/h4-8,11-12,18H,9H2,1-3H3,(H,17,19)/b10-8-. The first-order chi connectivity index (χ1) is 8.93. The Labute approximate surface area is 113 Å². The molecule has 19 heavy (non-hydrogen) atoms. The van der Waals surface area contributed by atoms with Crippen LogP contribution in [0.4, 0.5) is 4.39 Å². The van der Waals surface area contributed by atoms with E-state index >= 15 is 0 Å². The number of aliphatic hydroxyl groups is 1. The van der Waals surface area contributed by atoms with Gasteiger partial charge in [0.05, 0.1) is 0 Å². The van der Waals surface area contributed by atoms with Gasteiger partial charge in [-0.05, 0) is 43.0 Å². The smallest absolute Gasteiger partial charge is 0.244 e. The van der Waals surface area contributed by atoms with Crippen molar-refractivity contribution in [1.82, 2.24) is 5.32 Å². The number of nitrogens with one attached hydrogen (secondary N) is 1. The predicted molar refractivity (Wildman–Crippen MR) is 73.9 cm³/mol. The SMILES string of the molecule is C/C(=C/C(=O)NC(C)C(C)CO)c1ccc(F)cc1. The zero-order valence-corrected chi connectivity index (χ0v) is 11.5. The van der Waals surface area contributed by atoms with Gasteiger partial charge < -0.3 is 10.4 Å². The van der Waals surface area contributed by atoms with Crippen LogP contribution in [0.2, 0.25) is 0 Å². The lowest BCUT2D eigenvalue weighted by Gasteiger charge is -2.18. The number of amides is 1. The summed E-state index contributed by atoms with van der Waals surface area (Å²) in [4.78, 5) is 11.8. The van der Waals surface area contributed by atoms with Gasteiger partial charge in [0.25, 0.3) is 0 Å². The van der Waals surface area contributed by atoms with E-state index in [-0.39, 0.29) is 30.3 Å². The minimum atomic E-state index is -0.300. The van der Waals surface area contributed by atoms with Crippen LogP contribution < -0.4 is 5.32 Å². The lowest BCUT2D eigenvalue weighted by Crippen LogP contribution is -2.37. The van der Waals surface area contributed by atoms with Crippen molar-refractivity contribution in [1.29, 1.82) is 0 Å². The van der Waals surface area contributed by atoms with Crippen LogP contribution in [0.3, 0.4) is 0 Å². The summed E-state index contributed by atoms with van der Waals surface area (Å²) < 4.78 is 12.8. The Kier molecular flexibility index (Phi) is 5.70. The second-order valence-electron chi connectivity index (χ2n) is 4.79. The quantitative estimate of drug-likeness (QED) is 0.803. The third-order valence-corrected chi connectivity index (χ3v) is 3.16. The fourth-order valence-electron chi connectivity index (χ4n) is 1.56. The number of aliphatic hydroxyl groups excluding tert-OH is 1. The molecule has 2 unspecified atom stereocenters. The number of carbonyl (C=O) groups is 1. The summed E-state index contributed by atoms with van der Waals surface area (Å²) in [6.45, 7) is 5.54. The molecular formula is C15H20FNO2. The monoisotopic (exact) mass is 265 g/mol. The van der Waals surface area contributed by atoms with E-state index in [0.29, 0.717) is 0 Å². The highest BCUT2D eigenvalue weighted by atomic mass is 19.1. The topological polar surface area (TPSA) is 49.3 Å². The molecule has 0 aliphatic carbocycles. The molecular weight excluding hydrogens is 245 g/mol. The summed E-state index contributed by atoms with van der Waals surface area (Å²) in [5.74, 6) is -0.510. The lowest BCUT2D eigenvalue weighted by molar-refractivity contribution is -0.117. The molecule has 1 aromatic rings. The highest BCUT2D eigenvalue weighted by Gasteiger charge is 2.12. The molecule has 0 saturated heterocycles. The van der Waals surface area contributed by atoms with E-state index in [2.05, 4.69) is 5.32 Å². The van der Waals surface area contributed by atoms with E-state index in [1.54, 1.807) is 19.1 Å². The number of halogens is 1. The second-order valence-corrected chi connectivity index (χ2v) is 4.79. The minimum absolute atomic E-state index is 0.00322. The molecule has 0 radical (unpaired) electrons. The van der Waals surface area contributed by atoms with Crippen molar-refractivity contribution in [3.05, 3.63) is 41.7 Å². The van der Waals surface area contributed by atoms with Crippen molar-refractivity contribution in [3.8, 4) is 0 Å². The van der Waals surface area contributed by atoms with Crippen LogP contribution in [0.25, 0.3) is 5.57 Å². The molecule has 0 spiro atoms. The molecule has 0 fully saturated rings. The molecule has 4 heteroatoms. The molecule has 0 aliphatic rings. The molecule has 2 atom stereocenters. The maximum absolute atomic E-state index is 12.8. The predicted octanol–water partition coefficient (Wildman–Crippen LogP) is 2.36. The highest BCUT2D eigenvalue weighted by molar-refractivity contribution is 5.94. The van der Waals surface area contributed by atoms with E-state index in [4.69, 9.17) is 5.11 Å². The van der Waals surface area contributed by atoms with Gasteiger partial charge in [-0.25, -0.2) is 4.39 Å². The van der Waals surface area contributed by atoms with Crippen molar-refractivity contribution in [2.45, 2.75) is 26.8 Å². The summed E-state index contributed by atoms with van der Waals surface area (Å²) in [7, 11) is 0. The summed E-state index contributed by atoms with van der Waals surface area (Å²) in [6.07, 6.45) is 1.48. The van der Waals surface area contributed by atoms with Gasteiger partial charge in [0.1, 0.15) is 5.82 Å². The van der Waals surface area contributed by atoms with Crippen LogP contribution >= 0.6 is 0 Å². The second kappa shape index (κ2) is 7.04. The average molecular weight is 265 g/mol. The van der Waals surface area contributed by atoms with Crippen molar-refractivity contribution >= 4 is 11.5 Å². The van der Waals surface area contributed by atoms with Gasteiger partial charge in [0.2, 0.25) is 5.91 Å². The Balaban J connectivity index is 2.68. The molecule has 2 N–H and O–H groups in total. The van der Waals surface area contributed by atoms with Crippen LogP contribution in [0.15, 0.2) is 30.3 Å². The minimum Gasteiger partial charge on any atom is -0.396 e. The number of carbonyl (C=O) groups excluding carboxylic acids is 1. The largest absolute Gasteiger partial charge is 0.396 e. The third-order valence-electron chi connectivity index (χ3n) is 3.16. The fourth-order valence-corrected chi connectivity index (χ4v) is 1.56. The van der Waals surface area contributed by atoms with Crippen LogP contribution in [-0.4, -0.2) is 23.7 Å². The zero-order chi connectivity index (χ0) is 14.4. The molecule has 0 bridgehead atoms. The van der Waals surface area contributed by atoms with E-state index < -0.39 is 0 Å². The molecule has 3 nitrogen and oxygen atoms in total. The number of benzene rings is 1. The number of hydrogen-bond donors (Lipinski definition) is 2. The summed E-state index contributed by atoms with van der Waals surface area (Å²) >= 11 is 0. The van der Waals surface area contributed by atoms with E-state index in [0.717, 1.165) is 11.1 Å². The molecule has 0 aliphatic heterocycles. The third kappa shape index (κ3) is 4.83. The average Bonchev–Trinajstić information content (AvgIpc) is 2.38. The van der Waals surface area contributed by atoms with Gasteiger partial charge in [-0.2, -0.15) is 0 Å². The van der Waals surface area contributed by atoms with Crippen LogP contribution in [-0.2, 0) is 4.79 Å². The molecule has 104 valence electrons. The number of allylic oxidation sites excluding steroid dienone is 1. The molecule has 1 amide bonds. The first-order valence-corrected chi connectivity index (χ1v) is 6.29. The first kappa shape index (κ1) is 15.4. The summed E-state index contributed by atoms with van der Waals surface area (Å²) in [5.41, 5.74) is 1.57. The number of hydrogen-bond acceptors (Lipinski definition) is 2. The van der Waals surface area contributed by atoms with Crippen LogP contribution in [0, 0.1) is 11.7 Å². The Bertz CT molecular complexity index is 454. The maximum Gasteiger partial charge on any atom is 0.244 e. The zero-order valence-electron chi connectivity index (χ0n) is 11.5. The lowest BCUT2D eigenvalue weighted by atomic mass is 10.0. The van der Waals surface area contributed by atoms with Crippen molar-refractivity contribution < 1.29 is 14.3 Å². The Morgan fingerprint density at radius 2 is 1.95 bits per heavy atom. The highest BCUT2D eigenvalue weighted by Crippen LogP contribution is 2.14. The summed E-state index contributed by atoms with van der Waals surface area (Å²) in [5, 5.41) is 11.8. The van der Waals surface area contributed by atoms with Crippen LogP contribution in [0.5, 0.6) is 0 Å². The Morgan fingerprint density at radius 1 is 1.37 bits per heavy atom. The Morgan fingerprint density at radius 3 is 2.47 bits per heavy atom. The van der Waals surface area contributed by atoms with Crippen molar-refractivity contribution in [3.63, 3.8) is 0 Å². The van der Waals surface area contributed by atoms with Crippen molar-refractivity contribution in [2.75, 3.05) is 6.61 Å². The van der Waals surface area contributed by atoms with Crippen molar-refractivity contribution in [2.24, 2.45) is 5.92 Å². The molecule has 0 saturated carbocycles. The molecule has 0 aromatic heterocycles. The van der Waals surface area contributed by atoms with Crippen LogP contribution in [0.1, 0.15) is 26.3 Å². The fraction of sp³-hybridized carbons (Fsp3) is 0.400. The van der Waals surface area contributed by atoms with Gasteiger partial charge in [-0.3, -0.25) is 4.79 Å². The molecule has 1 rings (SSSR count).